The van der Waals surface area contributed by atoms with E-state index in [-0.39, 0.29) is 11.9 Å². The van der Waals surface area contributed by atoms with Crippen LogP contribution in [0.5, 0.6) is 0 Å². The van der Waals surface area contributed by atoms with Gasteiger partial charge in [-0.3, -0.25) is 4.79 Å². The molecular weight excluding hydrogens is 178 g/mol. The molecule has 0 aromatic carbocycles. The highest BCUT2D eigenvalue weighted by Gasteiger charge is 2.21. The molecule has 0 amide bonds. The molecule has 0 aromatic heterocycles. The molecule has 2 N–H and O–H groups in total. The van der Waals surface area contributed by atoms with E-state index in [2.05, 4.69) is 0 Å². The lowest BCUT2D eigenvalue weighted by Crippen LogP contribution is -2.25. The molecule has 82 valence electrons. The zero-order valence-corrected chi connectivity index (χ0v) is 9.00. The van der Waals surface area contributed by atoms with Crippen LogP contribution in [0.2, 0.25) is 0 Å². The lowest BCUT2D eigenvalue weighted by Gasteiger charge is -2.14. The summed E-state index contributed by atoms with van der Waals surface area (Å²) >= 11 is 0. The van der Waals surface area contributed by atoms with Gasteiger partial charge in [-0.15, -0.1) is 0 Å². The first-order valence-electron chi connectivity index (χ1n) is 5.55. The van der Waals surface area contributed by atoms with Crippen molar-refractivity contribution in [1.29, 1.82) is 0 Å². The maximum absolute atomic E-state index is 11.2. The van der Waals surface area contributed by atoms with Crippen LogP contribution in [0.15, 0.2) is 0 Å². The molecule has 1 aliphatic rings. The lowest BCUT2D eigenvalue weighted by molar-refractivity contribution is -0.145. The fourth-order valence-corrected chi connectivity index (χ4v) is 2.23. The average Bonchev–Trinajstić information content (AvgIpc) is 2.71. The molecule has 1 aliphatic carbocycles. The SMILES string of the molecule is COC(=O)C(CN)CCC1CCCC1. The van der Waals surface area contributed by atoms with Crippen molar-refractivity contribution in [3.05, 3.63) is 0 Å². The third-order valence-electron chi connectivity index (χ3n) is 3.22. The van der Waals surface area contributed by atoms with Crippen molar-refractivity contribution in [2.75, 3.05) is 13.7 Å². The normalized spacial score (nSPS) is 19.6. The minimum atomic E-state index is -0.148. The van der Waals surface area contributed by atoms with Crippen LogP contribution in [0.25, 0.3) is 0 Å². The number of hydrogen-bond acceptors (Lipinski definition) is 3. The van der Waals surface area contributed by atoms with Gasteiger partial charge < -0.3 is 10.5 Å². The number of hydrogen-bond donors (Lipinski definition) is 1. The van der Waals surface area contributed by atoms with Crippen LogP contribution in [0.3, 0.4) is 0 Å². The van der Waals surface area contributed by atoms with Crippen LogP contribution in [0.1, 0.15) is 38.5 Å². The number of rotatable bonds is 5. The molecule has 1 unspecified atom stereocenters. The third-order valence-corrected chi connectivity index (χ3v) is 3.22. The largest absolute Gasteiger partial charge is 0.469 e. The number of esters is 1. The van der Waals surface area contributed by atoms with Crippen LogP contribution in [0, 0.1) is 11.8 Å². The van der Waals surface area contributed by atoms with Crippen LogP contribution in [-0.4, -0.2) is 19.6 Å². The Morgan fingerprint density at radius 1 is 1.50 bits per heavy atom. The molecule has 1 atom stereocenters. The van der Waals surface area contributed by atoms with Crippen LogP contribution < -0.4 is 5.73 Å². The minimum Gasteiger partial charge on any atom is -0.469 e. The summed E-state index contributed by atoms with van der Waals surface area (Å²) in [4.78, 5) is 11.2. The number of carbonyl (C=O) groups is 1. The van der Waals surface area contributed by atoms with Gasteiger partial charge in [0.2, 0.25) is 0 Å². The minimum absolute atomic E-state index is 0.0828. The van der Waals surface area contributed by atoms with Gasteiger partial charge in [0.1, 0.15) is 0 Å². The van der Waals surface area contributed by atoms with Gasteiger partial charge in [0.25, 0.3) is 0 Å². The van der Waals surface area contributed by atoms with Crippen molar-refractivity contribution in [3.63, 3.8) is 0 Å². The molecule has 14 heavy (non-hydrogen) atoms. The molecule has 1 fully saturated rings. The predicted molar refractivity (Wildman–Crippen MR) is 55.8 cm³/mol. The fourth-order valence-electron chi connectivity index (χ4n) is 2.23. The molecular formula is C11H21NO2. The van der Waals surface area contributed by atoms with E-state index < -0.39 is 0 Å². The predicted octanol–water partition coefficient (Wildman–Crippen LogP) is 1.70. The van der Waals surface area contributed by atoms with Gasteiger partial charge in [0.05, 0.1) is 13.0 Å². The van der Waals surface area contributed by atoms with E-state index in [1.165, 1.54) is 32.8 Å². The highest BCUT2D eigenvalue weighted by atomic mass is 16.5. The van der Waals surface area contributed by atoms with Crippen molar-refractivity contribution in [3.8, 4) is 0 Å². The summed E-state index contributed by atoms with van der Waals surface area (Å²) in [6.07, 6.45) is 7.41. The number of methoxy groups -OCH3 is 1. The quantitative estimate of drug-likeness (QED) is 0.686. The second kappa shape index (κ2) is 6.02. The Labute approximate surface area is 86.0 Å². The summed E-state index contributed by atoms with van der Waals surface area (Å²) in [7, 11) is 1.43. The Balaban J connectivity index is 2.22. The maximum atomic E-state index is 11.2. The number of ether oxygens (including phenoxy) is 1. The summed E-state index contributed by atoms with van der Waals surface area (Å²) in [5, 5.41) is 0. The smallest absolute Gasteiger partial charge is 0.309 e. The van der Waals surface area contributed by atoms with Crippen molar-refractivity contribution < 1.29 is 9.53 Å². The van der Waals surface area contributed by atoms with Gasteiger partial charge >= 0.3 is 5.97 Å². The topological polar surface area (TPSA) is 52.3 Å². The van der Waals surface area contributed by atoms with Crippen LogP contribution in [-0.2, 0) is 9.53 Å². The second-order valence-electron chi connectivity index (χ2n) is 4.18. The molecule has 0 aliphatic heterocycles. The highest BCUT2D eigenvalue weighted by Crippen LogP contribution is 2.29. The Kier molecular flexibility index (Phi) is 4.94. The van der Waals surface area contributed by atoms with Crippen LogP contribution >= 0.6 is 0 Å². The molecule has 0 heterocycles. The Hall–Kier alpha value is -0.570. The van der Waals surface area contributed by atoms with E-state index in [0.717, 1.165) is 18.8 Å². The van der Waals surface area contributed by atoms with Crippen molar-refractivity contribution in [2.24, 2.45) is 17.6 Å². The zero-order valence-electron chi connectivity index (χ0n) is 9.00. The molecule has 3 nitrogen and oxygen atoms in total. The summed E-state index contributed by atoms with van der Waals surface area (Å²) in [6, 6.07) is 0. The van der Waals surface area contributed by atoms with Crippen molar-refractivity contribution in [2.45, 2.75) is 38.5 Å². The zero-order chi connectivity index (χ0) is 10.4. The van der Waals surface area contributed by atoms with Crippen LogP contribution in [0.4, 0.5) is 0 Å². The van der Waals surface area contributed by atoms with Crippen molar-refractivity contribution >= 4 is 5.97 Å². The van der Waals surface area contributed by atoms with E-state index in [1.54, 1.807) is 0 Å². The summed E-state index contributed by atoms with van der Waals surface area (Å²) in [5.41, 5.74) is 5.53. The first-order valence-corrected chi connectivity index (χ1v) is 5.55. The Morgan fingerprint density at radius 2 is 2.14 bits per heavy atom. The standard InChI is InChI=1S/C11H21NO2/c1-14-11(13)10(8-12)7-6-9-4-2-3-5-9/h9-10H,2-8,12H2,1H3. The van der Waals surface area contributed by atoms with E-state index >= 15 is 0 Å². The summed E-state index contributed by atoms with van der Waals surface area (Å²) in [5.74, 6) is 0.597. The van der Waals surface area contributed by atoms with E-state index in [9.17, 15) is 4.79 Å². The number of nitrogens with two attached hydrogens (primary N) is 1. The Morgan fingerprint density at radius 3 is 2.64 bits per heavy atom. The number of carbonyl (C=O) groups excluding carboxylic acids is 1. The van der Waals surface area contributed by atoms with Gasteiger partial charge in [-0.1, -0.05) is 25.7 Å². The van der Waals surface area contributed by atoms with Crippen molar-refractivity contribution in [1.82, 2.24) is 0 Å². The fraction of sp³-hybridized carbons (Fsp3) is 0.909. The maximum Gasteiger partial charge on any atom is 0.309 e. The van der Waals surface area contributed by atoms with E-state index in [0.29, 0.717) is 6.54 Å². The lowest BCUT2D eigenvalue weighted by atomic mass is 9.95. The molecule has 0 radical (unpaired) electrons. The molecule has 0 saturated heterocycles. The first-order chi connectivity index (χ1) is 6.77. The molecule has 1 rings (SSSR count). The van der Waals surface area contributed by atoms with E-state index in [1.807, 2.05) is 0 Å². The third kappa shape index (κ3) is 3.29. The van der Waals surface area contributed by atoms with Gasteiger partial charge in [0, 0.05) is 6.54 Å². The first kappa shape index (κ1) is 11.5. The van der Waals surface area contributed by atoms with E-state index in [4.69, 9.17) is 10.5 Å². The Bertz CT molecular complexity index is 176. The molecule has 3 heteroatoms. The monoisotopic (exact) mass is 199 g/mol. The molecule has 1 saturated carbocycles. The summed E-state index contributed by atoms with van der Waals surface area (Å²) < 4.78 is 4.70. The average molecular weight is 199 g/mol. The summed E-state index contributed by atoms with van der Waals surface area (Å²) in [6.45, 7) is 0.416. The van der Waals surface area contributed by atoms with Gasteiger partial charge in [-0.05, 0) is 18.8 Å². The molecule has 0 aromatic rings. The highest BCUT2D eigenvalue weighted by molar-refractivity contribution is 5.72. The molecule has 0 bridgehead atoms. The van der Waals surface area contributed by atoms with Gasteiger partial charge in [-0.2, -0.15) is 0 Å². The molecule has 0 spiro atoms. The van der Waals surface area contributed by atoms with Gasteiger partial charge in [0.15, 0.2) is 0 Å². The second-order valence-corrected chi connectivity index (χ2v) is 4.18. The van der Waals surface area contributed by atoms with Gasteiger partial charge in [-0.25, -0.2) is 0 Å².